The summed E-state index contributed by atoms with van der Waals surface area (Å²) >= 11 is 0. The van der Waals surface area contributed by atoms with E-state index < -0.39 is 0 Å². The molecule has 10 heteroatoms. The summed E-state index contributed by atoms with van der Waals surface area (Å²) in [5.74, 6) is -0.0613. The lowest BCUT2D eigenvalue weighted by Gasteiger charge is -2.34. The summed E-state index contributed by atoms with van der Waals surface area (Å²) in [5.41, 5.74) is 1.66. The highest BCUT2D eigenvalue weighted by Gasteiger charge is 2.26. The van der Waals surface area contributed by atoms with Crippen LogP contribution in [0.3, 0.4) is 0 Å². The first-order valence-corrected chi connectivity index (χ1v) is 10.1. The average molecular weight is 428 g/mol. The van der Waals surface area contributed by atoms with Crippen LogP contribution < -0.4 is 15.4 Å². The molecule has 0 unspecified atom stereocenters. The number of aromatic nitrogens is 2. The zero-order chi connectivity index (χ0) is 22.4. The SMILES string of the molecule is COc1nn(C)cc1C(=O)N1CCN(CCNC(=O)c2ccc(NC(C)=O)cc2)CC1. The number of ether oxygens (including phenoxy) is 1. The lowest BCUT2D eigenvalue weighted by atomic mass is 10.2. The van der Waals surface area contributed by atoms with Gasteiger partial charge in [0.1, 0.15) is 5.56 Å². The number of anilines is 1. The Morgan fingerprint density at radius 2 is 1.77 bits per heavy atom. The van der Waals surface area contributed by atoms with Gasteiger partial charge in [0.15, 0.2) is 0 Å². The Morgan fingerprint density at radius 1 is 1.10 bits per heavy atom. The maximum atomic E-state index is 12.7. The predicted octanol–water partition coefficient (Wildman–Crippen LogP) is 0.575. The molecule has 1 aromatic heterocycles. The van der Waals surface area contributed by atoms with Gasteiger partial charge in [0.05, 0.1) is 7.11 Å². The number of amides is 3. The Kier molecular flexibility index (Phi) is 7.24. The molecule has 0 saturated carbocycles. The van der Waals surface area contributed by atoms with Crippen LogP contribution in [-0.2, 0) is 11.8 Å². The minimum Gasteiger partial charge on any atom is -0.479 e. The first kappa shape index (κ1) is 22.3. The van der Waals surface area contributed by atoms with Crippen LogP contribution in [0.2, 0.25) is 0 Å². The number of methoxy groups -OCH3 is 1. The lowest BCUT2D eigenvalue weighted by molar-refractivity contribution is -0.114. The Hall–Kier alpha value is -3.40. The fourth-order valence-corrected chi connectivity index (χ4v) is 3.45. The molecule has 10 nitrogen and oxygen atoms in total. The van der Waals surface area contributed by atoms with Crippen LogP contribution in [0.15, 0.2) is 30.5 Å². The maximum Gasteiger partial charge on any atom is 0.261 e. The van der Waals surface area contributed by atoms with E-state index in [1.807, 2.05) is 0 Å². The molecule has 0 bridgehead atoms. The summed E-state index contributed by atoms with van der Waals surface area (Å²) in [6.07, 6.45) is 1.67. The third-order valence-corrected chi connectivity index (χ3v) is 5.06. The van der Waals surface area contributed by atoms with Crippen LogP contribution in [0.4, 0.5) is 5.69 Å². The van der Waals surface area contributed by atoms with E-state index in [2.05, 4.69) is 20.6 Å². The molecule has 1 aromatic carbocycles. The molecule has 0 aliphatic carbocycles. The van der Waals surface area contributed by atoms with E-state index in [0.29, 0.717) is 48.9 Å². The van der Waals surface area contributed by atoms with Gasteiger partial charge in [-0.2, -0.15) is 0 Å². The second-order valence-electron chi connectivity index (χ2n) is 7.37. The Labute approximate surface area is 181 Å². The van der Waals surface area contributed by atoms with Crippen LogP contribution in [-0.4, -0.2) is 83.7 Å². The van der Waals surface area contributed by atoms with E-state index in [0.717, 1.165) is 13.1 Å². The number of carbonyl (C=O) groups is 3. The van der Waals surface area contributed by atoms with Gasteiger partial charge in [-0.05, 0) is 24.3 Å². The zero-order valence-corrected chi connectivity index (χ0v) is 18.1. The van der Waals surface area contributed by atoms with E-state index >= 15 is 0 Å². The molecule has 2 N–H and O–H groups in total. The molecule has 166 valence electrons. The van der Waals surface area contributed by atoms with Crippen molar-refractivity contribution in [3.63, 3.8) is 0 Å². The van der Waals surface area contributed by atoms with Gasteiger partial charge in [-0.25, -0.2) is 0 Å². The monoisotopic (exact) mass is 428 g/mol. The van der Waals surface area contributed by atoms with E-state index in [1.165, 1.54) is 14.0 Å². The number of benzene rings is 1. The molecule has 1 aliphatic heterocycles. The van der Waals surface area contributed by atoms with Crippen molar-refractivity contribution in [1.29, 1.82) is 0 Å². The van der Waals surface area contributed by atoms with Crippen LogP contribution in [0.1, 0.15) is 27.6 Å². The number of hydrogen-bond donors (Lipinski definition) is 2. The van der Waals surface area contributed by atoms with Crippen LogP contribution in [0.25, 0.3) is 0 Å². The highest BCUT2D eigenvalue weighted by Crippen LogP contribution is 2.18. The number of aryl methyl sites for hydroxylation is 1. The van der Waals surface area contributed by atoms with Crippen molar-refractivity contribution in [2.24, 2.45) is 7.05 Å². The van der Waals surface area contributed by atoms with Gasteiger partial charge >= 0.3 is 0 Å². The summed E-state index contributed by atoms with van der Waals surface area (Å²) in [4.78, 5) is 40.1. The summed E-state index contributed by atoms with van der Waals surface area (Å²) in [6.45, 7) is 5.33. The molecular weight excluding hydrogens is 400 g/mol. The second kappa shape index (κ2) is 10.1. The molecule has 0 atom stereocenters. The Balaban J connectivity index is 1.41. The number of piperazine rings is 1. The second-order valence-corrected chi connectivity index (χ2v) is 7.37. The molecule has 1 fully saturated rings. The number of nitrogens with zero attached hydrogens (tertiary/aromatic N) is 4. The molecule has 0 spiro atoms. The highest BCUT2D eigenvalue weighted by atomic mass is 16.5. The van der Waals surface area contributed by atoms with Crippen LogP contribution in [0.5, 0.6) is 5.88 Å². The van der Waals surface area contributed by atoms with Gasteiger partial charge in [-0.15, -0.1) is 5.10 Å². The molecule has 3 amide bonds. The summed E-state index contributed by atoms with van der Waals surface area (Å²) in [6, 6.07) is 6.75. The standard InChI is InChI=1S/C21H28N6O4/c1-15(28)23-17-6-4-16(5-7-17)19(29)22-8-9-26-10-12-27(13-11-26)21(30)18-14-25(2)24-20(18)31-3/h4-7,14H,8-13H2,1-3H3,(H,22,29)(H,23,28). The van der Waals surface area contributed by atoms with Gasteiger partial charge in [0.25, 0.3) is 11.8 Å². The van der Waals surface area contributed by atoms with Crippen molar-refractivity contribution >= 4 is 23.4 Å². The molecule has 1 aliphatic rings. The lowest BCUT2D eigenvalue weighted by Crippen LogP contribution is -2.50. The van der Waals surface area contributed by atoms with Gasteiger partial charge in [0, 0.05) is 70.7 Å². The van der Waals surface area contributed by atoms with Gasteiger partial charge < -0.3 is 20.3 Å². The van der Waals surface area contributed by atoms with Crippen molar-refractivity contribution in [3.8, 4) is 5.88 Å². The number of rotatable bonds is 7. The first-order valence-electron chi connectivity index (χ1n) is 10.1. The Morgan fingerprint density at radius 3 is 2.39 bits per heavy atom. The van der Waals surface area contributed by atoms with Crippen molar-refractivity contribution in [3.05, 3.63) is 41.6 Å². The normalized spacial score (nSPS) is 14.2. The largest absolute Gasteiger partial charge is 0.479 e. The van der Waals surface area contributed by atoms with Crippen molar-refractivity contribution < 1.29 is 19.1 Å². The zero-order valence-electron chi connectivity index (χ0n) is 18.1. The number of carbonyl (C=O) groups excluding carboxylic acids is 3. The maximum absolute atomic E-state index is 12.7. The number of nitrogens with one attached hydrogen (secondary N) is 2. The van der Waals surface area contributed by atoms with Gasteiger partial charge in [-0.1, -0.05) is 0 Å². The summed E-state index contributed by atoms with van der Waals surface area (Å²) in [5, 5.41) is 9.71. The van der Waals surface area contributed by atoms with Crippen molar-refractivity contribution in [1.82, 2.24) is 24.9 Å². The van der Waals surface area contributed by atoms with Crippen LogP contribution >= 0.6 is 0 Å². The fourth-order valence-electron chi connectivity index (χ4n) is 3.45. The van der Waals surface area contributed by atoms with Gasteiger partial charge in [-0.3, -0.25) is 24.0 Å². The molecular formula is C21H28N6O4. The highest BCUT2D eigenvalue weighted by molar-refractivity contribution is 5.96. The van der Waals surface area contributed by atoms with Crippen LogP contribution in [0, 0.1) is 0 Å². The summed E-state index contributed by atoms with van der Waals surface area (Å²) < 4.78 is 6.75. The molecule has 2 heterocycles. The number of hydrogen-bond acceptors (Lipinski definition) is 6. The summed E-state index contributed by atoms with van der Waals surface area (Å²) in [7, 11) is 3.26. The van der Waals surface area contributed by atoms with Crippen molar-refractivity contribution in [2.45, 2.75) is 6.92 Å². The van der Waals surface area contributed by atoms with E-state index in [4.69, 9.17) is 4.74 Å². The quantitative estimate of drug-likeness (QED) is 0.668. The molecule has 31 heavy (non-hydrogen) atoms. The average Bonchev–Trinajstić information content (AvgIpc) is 3.14. The smallest absolute Gasteiger partial charge is 0.261 e. The van der Waals surface area contributed by atoms with E-state index in [1.54, 1.807) is 47.1 Å². The molecule has 2 aromatic rings. The topological polar surface area (TPSA) is 109 Å². The molecule has 0 radical (unpaired) electrons. The fraction of sp³-hybridized carbons (Fsp3) is 0.429. The first-order chi connectivity index (χ1) is 14.9. The third kappa shape index (κ3) is 5.82. The minimum absolute atomic E-state index is 0.0828. The molecule has 3 rings (SSSR count). The van der Waals surface area contributed by atoms with Gasteiger partial charge in [0.2, 0.25) is 11.8 Å². The van der Waals surface area contributed by atoms with E-state index in [9.17, 15) is 14.4 Å². The van der Waals surface area contributed by atoms with E-state index in [-0.39, 0.29) is 17.7 Å². The molecule has 1 saturated heterocycles. The minimum atomic E-state index is -0.160. The Bertz CT molecular complexity index is 932. The van der Waals surface area contributed by atoms with Crippen molar-refractivity contribution in [2.75, 3.05) is 51.7 Å². The third-order valence-electron chi connectivity index (χ3n) is 5.06. The predicted molar refractivity (Wildman–Crippen MR) is 115 cm³/mol.